The lowest BCUT2D eigenvalue weighted by Crippen LogP contribution is -2.24. The fourth-order valence-electron chi connectivity index (χ4n) is 1.59. The summed E-state index contributed by atoms with van der Waals surface area (Å²) in [5.74, 6) is 0. The molecular formula is C11H16N4S2. The first-order chi connectivity index (χ1) is 8.29. The number of thiazole rings is 1. The molecule has 2 aromatic rings. The molecule has 6 heteroatoms. The van der Waals surface area contributed by atoms with Crippen LogP contribution >= 0.6 is 22.9 Å². The molecule has 92 valence electrons. The highest BCUT2D eigenvalue weighted by Crippen LogP contribution is 2.20. The monoisotopic (exact) mass is 268 g/mol. The van der Waals surface area contributed by atoms with Gasteiger partial charge in [0.25, 0.3) is 0 Å². The van der Waals surface area contributed by atoms with Gasteiger partial charge in [0.1, 0.15) is 0 Å². The second kappa shape index (κ2) is 6.18. The van der Waals surface area contributed by atoms with Gasteiger partial charge in [-0.1, -0.05) is 11.4 Å². The van der Waals surface area contributed by atoms with Crippen LogP contribution in [0.5, 0.6) is 0 Å². The highest BCUT2D eigenvalue weighted by atomic mass is 32.1. The Kier molecular flexibility index (Phi) is 4.58. The Morgan fingerprint density at radius 2 is 2.29 bits per heavy atom. The van der Waals surface area contributed by atoms with Crippen LogP contribution in [-0.4, -0.2) is 21.1 Å². The summed E-state index contributed by atoms with van der Waals surface area (Å²) in [7, 11) is 0. The van der Waals surface area contributed by atoms with Gasteiger partial charge in [0.05, 0.1) is 16.7 Å². The van der Waals surface area contributed by atoms with Crippen molar-refractivity contribution in [3.05, 3.63) is 27.2 Å². The Labute approximate surface area is 109 Å². The maximum absolute atomic E-state index is 4.50. The predicted molar refractivity (Wildman–Crippen MR) is 71.5 cm³/mol. The normalized spacial score (nSPS) is 12.8. The average molecular weight is 268 g/mol. The van der Waals surface area contributed by atoms with E-state index in [1.54, 1.807) is 11.3 Å². The van der Waals surface area contributed by atoms with Crippen molar-refractivity contribution < 1.29 is 0 Å². The molecule has 0 aliphatic rings. The van der Waals surface area contributed by atoms with Crippen molar-refractivity contribution in [3.63, 3.8) is 0 Å². The van der Waals surface area contributed by atoms with Crippen molar-refractivity contribution in [2.75, 3.05) is 6.54 Å². The van der Waals surface area contributed by atoms with E-state index in [1.807, 2.05) is 12.3 Å². The number of hydrogen-bond acceptors (Lipinski definition) is 6. The van der Waals surface area contributed by atoms with E-state index in [4.69, 9.17) is 0 Å². The largest absolute Gasteiger partial charge is 0.308 e. The summed E-state index contributed by atoms with van der Waals surface area (Å²) >= 11 is 3.11. The third-order valence-corrected chi connectivity index (χ3v) is 3.93. The summed E-state index contributed by atoms with van der Waals surface area (Å²) in [6.45, 7) is 5.18. The summed E-state index contributed by atoms with van der Waals surface area (Å²) < 4.78 is 3.93. The first-order valence-corrected chi connectivity index (χ1v) is 7.42. The Hall–Kier alpha value is -0.850. The van der Waals surface area contributed by atoms with Crippen molar-refractivity contribution in [2.24, 2.45) is 0 Å². The van der Waals surface area contributed by atoms with Crippen LogP contribution < -0.4 is 5.32 Å². The molecule has 0 saturated carbocycles. The quantitative estimate of drug-likeness (QED) is 0.875. The Morgan fingerprint density at radius 1 is 1.41 bits per heavy atom. The number of nitrogens with zero attached hydrogens (tertiary/aromatic N) is 3. The number of nitrogens with one attached hydrogen (secondary N) is 1. The van der Waals surface area contributed by atoms with Crippen molar-refractivity contribution in [2.45, 2.75) is 32.7 Å². The number of hydrogen-bond donors (Lipinski definition) is 1. The zero-order valence-corrected chi connectivity index (χ0v) is 11.6. The average Bonchev–Trinajstić information content (AvgIpc) is 2.95. The van der Waals surface area contributed by atoms with E-state index in [0.717, 1.165) is 35.8 Å². The van der Waals surface area contributed by atoms with E-state index in [1.165, 1.54) is 11.5 Å². The molecule has 2 heterocycles. The Bertz CT molecular complexity index is 438. The molecular weight excluding hydrogens is 252 g/mol. The molecule has 1 unspecified atom stereocenters. The second-order valence-corrected chi connectivity index (χ2v) is 5.48. The Morgan fingerprint density at radius 3 is 2.88 bits per heavy atom. The molecule has 2 aromatic heterocycles. The maximum atomic E-state index is 4.50. The smallest absolute Gasteiger partial charge is 0.0947 e. The van der Waals surface area contributed by atoms with E-state index in [0.29, 0.717) is 0 Å². The van der Waals surface area contributed by atoms with Gasteiger partial charge in [-0.3, -0.25) is 0 Å². The van der Waals surface area contributed by atoms with Crippen LogP contribution in [0.1, 0.15) is 35.8 Å². The molecule has 0 bridgehead atoms. The standard InChI is InChI=1S/C11H16N4S2/c1-3-4-12-9(10-7-17-15-14-10)5-11-13-8(2)6-16-11/h6-7,9,12H,3-5H2,1-2H3. The molecule has 0 aliphatic carbocycles. The van der Waals surface area contributed by atoms with Gasteiger partial charge in [-0.2, -0.15) is 0 Å². The number of rotatable bonds is 6. The van der Waals surface area contributed by atoms with Gasteiger partial charge in [-0.05, 0) is 31.4 Å². The number of aryl methyl sites for hydroxylation is 1. The SMILES string of the molecule is CCCNC(Cc1nc(C)cs1)c1csnn1. The highest BCUT2D eigenvalue weighted by Gasteiger charge is 2.15. The zero-order valence-electron chi connectivity index (χ0n) is 10.0. The molecule has 0 aliphatic heterocycles. The van der Waals surface area contributed by atoms with Crippen LogP contribution in [0.25, 0.3) is 0 Å². The van der Waals surface area contributed by atoms with Crippen LogP contribution in [0.2, 0.25) is 0 Å². The molecule has 4 nitrogen and oxygen atoms in total. The lowest BCUT2D eigenvalue weighted by molar-refractivity contribution is 0.516. The maximum Gasteiger partial charge on any atom is 0.0947 e. The van der Waals surface area contributed by atoms with Crippen molar-refractivity contribution in [3.8, 4) is 0 Å². The topological polar surface area (TPSA) is 50.7 Å². The third-order valence-electron chi connectivity index (χ3n) is 2.42. The van der Waals surface area contributed by atoms with Crippen molar-refractivity contribution >= 4 is 22.9 Å². The molecule has 1 N–H and O–H groups in total. The van der Waals surface area contributed by atoms with E-state index in [-0.39, 0.29) is 6.04 Å². The third kappa shape index (κ3) is 3.55. The lowest BCUT2D eigenvalue weighted by atomic mass is 10.1. The fraction of sp³-hybridized carbons (Fsp3) is 0.545. The summed E-state index contributed by atoms with van der Waals surface area (Å²) in [6.07, 6.45) is 2.01. The predicted octanol–water partition coefficient (Wildman–Crippen LogP) is 2.59. The first kappa shape index (κ1) is 12.6. The van der Waals surface area contributed by atoms with Crippen LogP contribution in [0.3, 0.4) is 0 Å². The molecule has 0 saturated heterocycles. The van der Waals surface area contributed by atoms with Gasteiger partial charge in [-0.15, -0.1) is 16.4 Å². The fourth-order valence-corrected chi connectivity index (χ4v) is 2.92. The molecule has 1 atom stereocenters. The van der Waals surface area contributed by atoms with E-state index >= 15 is 0 Å². The van der Waals surface area contributed by atoms with Crippen LogP contribution in [0, 0.1) is 6.92 Å². The van der Waals surface area contributed by atoms with Gasteiger partial charge < -0.3 is 5.32 Å². The van der Waals surface area contributed by atoms with E-state index in [2.05, 4.69) is 32.2 Å². The van der Waals surface area contributed by atoms with E-state index in [9.17, 15) is 0 Å². The van der Waals surface area contributed by atoms with Gasteiger partial charge in [-0.25, -0.2) is 4.98 Å². The summed E-state index contributed by atoms with van der Waals surface area (Å²) in [5, 5.41) is 12.9. The molecule has 0 aromatic carbocycles. The zero-order chi connectivity index (χ0) is 12.1. The second-order valence-electron chi connectivity index (χ2n) is 3.92. The summed E-state index contributed by atoms with van der Waals surface area (Å²) in [6, 6.07) is 0.235. The van der Waals surface area contributed by atoms with Gasteiger partial charge >= 0.3 is 0 Å². The highest BCUT2D eigenvalue weighted by molar-refractivity contribution is 7.09. The molecule has 2 rings (SSSR count). The van der Waals surface area contributed by atoms with Gasteiger partial charge in [0.2, 0.25) is 0 Å². The minimum Gasteiger partial charge on any atom is -0.308 e. The van der Waals surface area contributed by atoms with Gasteiger partial charge in [0, 0.05) is 22.9 Å². The minimum atomic E-state index is 0.235. The molecule has 0 fully saturated rings. The molecule has 0 spiro atoms. The van der Waals surface area contributed by atoms with Gasteiger partial charge in [0.15, 0.2) is 0 Å². The first-order valence-electron chi connectivity index (χ1n) is 5.71. The molecule has 0 radical (unpaired) electrons. The van der Waals surface area contributed by atoms with Crippen LogP contribution in [0.4, 0.5) is 0 Å². The molecule has 0 amide bonds. The van der Waals surface area contributed by atoms with Crippen molar-refractivity contribution in [1.82, 2.24) is 19.9 Å². The summed E-state index contributed by atoms with van der Waals surface area (Å²) in [5.41, 5.74) is 2.12. The molecule has 17 heavy (non-hydrogen) atoms. The lowest BCUT2D eigenvalue weighted by Gasteiger charge is -2.14. The minimum absolute atomic E-state index is 0.235. The Balaban J connectivity index is 2.05. The van der Waals surface area contributed by atoms with E-state index < -0.39 is 0 Å². The number of aromatic nitrogens is 3. The van der Waals surface area contributed by atoms with Crippen LogP contribution in [-0.2, 0) is 6.42 Å². The van der Waals surface area contributed by atoms with Crippen molar-refractivity contribution in [1.29, 1.82) is 0 Å². The van der Waals surface area contributed by atoms with Crippen LogP contribution in [0.15, 0.2) is 10.8 Å². The summed E-state index contributed by atoms with van der Waals surface area (Å²) in [4.78, 5) is 4.50.